The summed E-state index contributed by atoms with van der Waals surface area (Å²) in [6, 6.07) is 6.37. The molecule has 2 aromatic heterocycles. The van der Waals surface area contributed by atoms with Gasteiger partial charge in [0, 0.05) is 19.5 Å². The molecule has 11 heteroatoms. The third-order valence-electron chi connectivity index (χ3n) is 7.76. The highest BCUT2D eigenvalue weighted by atomic mass is 127. The van der Waals surface area contributed by atoms with Crippen LogP contribution in [0, 0.1) is 10.5 Å². The van der Waals surface area contributed by atoms with Crippen molar-refractivity contribution in [2.75, 3.05) is 31.2 Å². The van der Waals surface area contributed by atoms with E-state index in [2.05, 4.69) is 61.4 Å². The molecule has 0 spiro atoms. The van der Waals surface area contributed by atoms with E-state index >= 15 is 0 Å². The van der Waals surface area contributed by atoms with Gasteiger partial charge in [0.15, 0.2) is 19.8 Å². The molecule has 1 fully saturated rings. The summed E-state index contributed by atoms with van der Waals surface area (Å²) in [6.45, 7) is 17.1. The standard InChI is InChI=1S/C27H36F3IN4O2Si/c1-17-19(9-8-10-20(17)27(28,29)30)15-22-24(18(2)37-38(6,7)26(3,4)5)32-25-21(31)16-23(33-35(22)25)34-11-13-36-14-12-34/h8-10,16,18H,11-15H2,1-7H3. The number of benzene rings is 1. The van der Waals surface area contributed by atoms with Crippen molar-refractivity contribution in [2.45, 2.75) is 71.5 Å². The molecule has 38 heavy (non-hydrogen) atoms. The third-order valence-corrected chi connectivity index (χ3v) is 13.1. The van der Waals surface area contributed by atoms with E-state index in [-0.39, 0.29) is 23.1 Å². The lowest BCUT2D eigenvalue weighted by molar-refractivity contribution is -0.138. The van der Waals surface area contributed by atoms with E-state index in [0.717, 1.165) is 39.9 Å². The van der Waals surface area contributed by atoms with Gasteiger partial charge < -0.3 is 14.1 Å². The van der Waals surface area contributed by atoms with Gasteiger partial charge in [-0.1, -0.05) is 32.9 Å². The van der Waals surface area contributed by atoms with E-state index < -0.39 is 20.1 Å². The highest BCUT2D eigenvalue weighted by Crippen LogP contribution is 2.41. The van der Waals surface area contributed by atoms with Crippen molar-refractivity contribution < 1.29 is 22.3 Å². The van der Waals surface area contributed by atoms with Gasteiger partial charge >= 0.3 is 6.18 Å². The summed E-state index contributed by atoms with van der Waals surface area (Å²) in [5.74, 6) is 0.800. The Morgan fingerprint density at radius 2 is 1.82 bits per heavy atom. The number of hydrogen-bond acceptors (Lipinski definition) is 5. The number of imidazole rings is 1. The maximum absolute atomic E-state index is 13.7. The molecule has 0 bridgehead atoms. The predicted octanol–water partition coefficient (Wildman–Crippen LogP) is 7.17. The molecule has 0 saturated carbocycles. The van der Waals surface area contributed by atoms with Crippen molar-refractivity contribution in [1.29, 1.82) is 0 Å². The Bertz CT molecular complexity index is 1310. The first-order valence-corrected chi connectivity index (χ1v) is 16.8. The molecular formula is C27H36F3IN4O2Si. The van der Waals surface area contributed by atoms with Gasteiger partial charge in [-0.2, -0.15) is 13.2 Å². The molecule has 0 amide bonds. The van der Waals surface area contributed by atoms with Crippen LogP contribution in [0.2, 0.25) is 18.1 Å². The van der Waals surface area contributed by atoms with E-state index in [4.69, 9.17) is 19.2 Å². The maximum atomic E-state index is 13.7. The van der Waals surface area contributed by atoms with Gasteiger partial charge in [0.05, 0.1) is 39.8 Å². The average molecular weight is 661 g/mol. The molecule has 1 aliphatic heterocycles. The van der Waals surface area contributed by atoms with Crippen molar-refractivity contribution in [3.8, 4) is 0 Å². The van der Waals surface area contributed by atoms with E-state index in [9.17, 15) is 13.2 Å². The minimum atomic E-state index is -4.42. The molecule has 1 aromatic carbocycles. The number of ether oxygens (including phenoxy) is 1. The molecule has 0 aliphatic carbocycles. The summed E-state index contributed by atoms with van der Waals surface area (Å²) in [4.78, 5) is 7.15. The fourth-order valence-corrected chi connectivity index (χ4v) is 6.49. The Labute approximate surface area is 237 Å². The molecule has 208 valence electrons. The minimum absolute atomic E-state index is 0.00557. The van der Waals surface area contributed by atoms with Gasteiger partial charge in [-0.3, -0.25) is 0 Å². The Hall–Kier alpha value is -1.70. The Morgan fingerprint density at radius 3 is 2.42 bits per heavy atom. The molecule has 3 heterocycles. The zero-order valence-corrected chi connectivity index (χ0v) is 26.2. The second kappa shape index (κ2) is 10.7. The molecular weight excluding hydrogens is 624 g/mol. The van der Waals surface area contributed by atoms with Crippen molar-refractivity contribution in [3.63, 3.8) is 0 Å². The minimum Gasteiger partial charge on any atom is -0.409 e. The Morgan fingerprint density at radius 1 is 1.16 bits per heavy atom. The van der Waals surface area contributed by atoms with Crippen LogP contribution in [0.5, 0.6) is 0 Å². The van der Waals surface area contributed by atoms with Crippen LogP contribution in [0.25, 0.3) is 5.65 Å². The summed E-state index contributed by atoms with van der Waals surface area (Å²) in [6.07, 6.45) is -4.51. The monoisotopic (exact) mass is 660 g/mol. The van der Waals surface area contributed by atoms with Crippen LogP contribution in [0.4, 0.5) is 19.0 Å². The second-order valence-electron chi connectivity index (χ2n) is 11.4. The lowest BCUT2D eigenvalue weighted by Crippen LogP contribution is -2.41. The third kappa shape index (κ3) is 5.90. The summed E-state index contributed by atoms with van der Waals surface area (Å²) in [5, 5.41) is 4.95. The first kappa shape index (κ1) is 29.3. The highest BCUT2D eigenvalue weighted by Gasteiger charge is 2.40. The number of nitrogens with zero attached hydrogens (tertiary/aromatic N) is 4. The Balaban J connectivity index is 1.87. The fourth-order valence-electron chi connectivity index (χ4n) is 4.51. The average Bonchev–Trinajstić information content (AvgIpc) is 3.18. The van der Waals surface area contributed by atoms with Gasteiger partial charge in [0.25, 0.3) is 0 Å². The molecule has 1 aliphatic rings. The van der Waals surface area contributed by atoms with E-state index in [1.165, 1.54) is 13.0 Å². The van der Waals surface area contributed by atoms with E-state index in [0.29, 0.717) is 24.4 Å². The number of fused-ring (bicyclic) bond motifs is 1. The molecule has 1 saturated heterocycles. The van der Waals surface area contributed by atoms with Crippen molar-refractivity contribution in [1.82, 2.24) is 14.6 Å². The molecule has 0 radical (unpaired) electrons. The molecule has 4 rings (SSSR count). The van der Waals surface area contributed by atoms with Gasteiger partial charge in [-0.05, 0) is 77.8 Å². The quantitative estimate of drug-likeness (QED) is 0.207. The summed E-state index contributed by atoms with van der Waals surface area (Å²) in [5.41, 5.74) is 2.35. The van der Waals surface area contributed by atoms with Crippen molar-refractivity contribution in [3.05, 3.63) is 55.9 Å². The number of alkyl halides is 3. The first-order valence-electron chi connectivity index (χ1n) is 12.8. The Kier molecular flexibility index (Phi) is 8.24. The zero-order chi connectivity index (χ0) is 28.0. The zero-order valence-electron chi connectivity index (χ0n) is 23.0. The largest absolute Gasteiger partial charge is 0.416 e. The van der Waals surface area contributed by atoms with Crippen LogP contribution in [-0.2, 0) is 21.8 Å². The smallest absolute Gasteiger partial charge is 0.409 e. The van der Waals surface area contributed by atoms with Crippen LogP contribution in [0.15, 0.2) is 24.3 Å². The molecule has 3 aromatic rings. The summed E-state index contributed by atoms with van der Waals surface area (Å²) < 4.78 is 56.1. The van der Waals surface area contributed by atoms with Crippen LogP contribution in [-0.4, -0.2) is 49.2 Å². The number of morpholine rings is 1. The predicted molar refractivity (Wildman–Crippen MR) is 154 cm³/mol. The summed E-state index contributed by atoms with van der Waals surface area (Å²) >= 11 is 2.27. The first-order chi connectivity index (χ1) is 17.6. The summed E-state index contributed by atoms with van der Waals surface area (Å²) in [7, 11) is -2.15. The normalized spacial score (nSPS) is 16.3. The van der Waals surface area contributed by atoms with Gasteiger partial charge in [0.2, 0.25) is 0 Å². The van der Waals surface area contributed by atoms with Crippen LogP contribution < -0.4 is 4.90 Å². The lowest BCUT2D eigenvalue weighted by atomic mass is 9.97. The van der Waals surface area contributed by atoms with E-state index in [1.54, 1.807) is 6.07 Å². The van der Waals surface area contributed by atoms with Crippen molar-refractivity contribution >= 4 is 42.4 Å². The van der Waals surface area contributed by atoms with Gasteiger partial charge in [0.1, 0.15) is 0 Å². The number of halogens is 4. The SMILES string of the molecule is Cc1c(Cc2c(C(C)O[Si](C)(C)C(C)(C)C)nc3c(I)cc(N4CCOCC4)nn23)cccc1C(F)(F)F. The highest BCUT2D eigenvalue weighted by molar-refractivity contribution is 14.1. The fraction of sp³-hybridized carbons (Fsp3) is 0.556. The van der Waals surface area contributed by atoms with Gasteiger partial charge in [-0.15, -0.1) is 5.10 Å². The van der Waals surface area contributed by atoms with Gasteiger partial charge in [-0.25, -0.2) is 9.50 Å². The molecule has 0 N–H and O–H groups in total. The van der Waals surface area contributed by atoms with Crippen LogP contribution in [0.1, 0.15) is 61.9 Å². The van der Waals surface area contributed by atoms with E-state index in [1.807, 2.05) is 17.5 Å². The molecule has 1 atom stereocenters. The number of rotatable bonds is 6. The maximum Gasteiger partial charge on any atom is 0.416 e. The molecule has 1 unspecified atom stereocenters. The topological polar surface area (TPSA) is 51.9 Å². The van der Waals surface area contributed by atoms with Crippen LogP contribution >= 0.6 is 22.6 Å². The van der Waals surface area contributed by atoms with Crippen LogP contribution in [0.3, 0.4) is 0 Å². The number of hydrogen-bond donors (Lipinski definition) is 0. The number of aromatic nitrogens is 3. The molecule has 6 nitrogen and oxygen atoms in total. The van der Waals surface area contributed by atoms with Crippen molar-refractivity contribution in [2.24, 2.45) is 0 Å². The lowest BCUT2D eigenvalue weighted by Gasteiger charge is -2.38. The second-order valence-corrected chi connectivity index (χ2v) is 17.3. The number of anilines is 1.